The smallest absolute Gasteiger partial charge is 0.279 e. The average molecular weight is 273 g/mol. The van der Waals surface area contributed by atoms with Gasteiger partial charge in [0.15, 0.2) is 0 Å². The molecule has 0 saturated heterocycles. The highest BCUT2D eigenvalue weighted by atomic mass is 16.5. The molecule has 1 heterocycles. The number of ether oxygens (including phenoxy) is 1. The van der Waals surface area contributed by atoms with E-state index < -0.39 is 0 Å². The van der Waals surface area contributed by atoms with Crippen LogP contribution in [-0.4, -0.2) is 21.1 Å². The average Bonchev–Trinajstić information content (AvgIpc) is 2.47. The molecule has 0 amide bonds. The van der Waals surface area contributed by atoms with E-state index in [4.69, 9.17) is 4.74 Å². The van der Waals surface area contributed by atoms with Gasteiger partial charge in [-0.25, -0.2) is 0 Å². The minimum absolute atomic E-state index is 0.134. The van der Waals surface area contributed by atoms with Crippen LogP contribution in [0.25, 0.3) is 10.9 Å². The highest BCUT2D eigenvalue weighted by Gasteiger charge is 2.14. The summed E-state index contributed by atoms with van der Waals surface area (Å²) in [5.74, 6) is 0. The third-order valence-corrected chi connectivity index (χ3v) is 3.86. The summed E-state index contributed by atoms with van der Waals surface area (Å²) >= 11 is 0. The second kappa shape index (κ2) is 5.71. The van der Waals surface area contributed by atoms with E-state index in [-0.39, 0.29) is 18.4 Å². The third kappa shape index (κ3) is 2.72. The first kappa shape index (κ1) is 13.2. The molecule has 1 aliphatic rings. The highest BCUT2D eigenvalue weighted by Crippen LogP contribution is 2.20. The van der Waals surface area contributed by atoms with Crippen molar-refractivity contribution >= 4 is 10.9 Å². The normalized spacial score (nSPS) is 16.6. The number of aromatic nitrogens is 3. The van der Waals surface area contributed by atoms with Gasteiger partial charge in [-0.2, -0.15) is 4.68 Å². The zero-order valence-corrected chi connectivity index (χ0v) is 11.7. The van der Waals surface area contributed by atoms with E-state index in [2.05, 4.69) is 10.3 Å². The predicted octanol–water partition coefficient (Wildman–Crippen LogP) is 2.41. The molecule has 1 aromatic carbocycles. The van der Waals surface area contributed by atoms with Gasteiger partial charge in [0.2, 0.25) is 0 Å². The maximum absolute atomic E-state index is 12.3. The molecule has 5 nitrogen and oxygen atoms in total. The SMILES string of the molecule is Cc1ccc2c(=O)n(COC3CCCCC3)nnc2c1. The molecule has 0 spiro atoms. The summed E-state index contributed by atoms with van der Waals surface area (Å²) in [6.45, 7) is 2.17. The van der Waals surface area contributed by atoms with Crippen LogP contribution in [0.2, 0.25) is 0 Å². The fourth-order valence-electron chi connectivity index (χ4n) is 2.68. The van der Waals surface area contributed by atoms with Crippen LogP contribution < -0.4 is 5.56 Å². The second-order valence-electron chi connectivity index (χ2n) is 5.47. The van der Waals surface area contributed by atoms with Crippen molar-refractivity contribution in [2.24, 2.45) is 0 Å². The molecule has 1 fully saturated rings. The van der Waals surface area contributed by atoms with Gasteiger partial charge >= 0.3 is 0 Å². The van der Waals surface area contributed by atoms with E-state index >= 15 is 0 Å². The minimum atomic E-state index is -0.134. The van der Waals surface area contributed by atoms with Crippen molar-refractivity contribution in [2.45, 2.75) is 51.9 Å². The summed E-state index contributed by atoms with van der Waals surface area (Å²) in [4.78, 5) is 12.3. The molecule has 1 aliphatic carbocycles. The Morgan fingerprint density at radius 1 is 1.30 bits per heavy atom. The Morgan fingerprint density at radius 2 is 2.10 bits per heavy atom. The molecule has 3 rings (SSSR count). The Morgan fingerprint density at radius 3 is 2.90 bits per heavy atom. The molecular weight excluding hydrogens is 254 g/mol. The Bertz CT molecular complexity index is 660. The molecule has 0 radical (unpaired) electrons. The summed E-state index contributed by atoms with van der Waals surface area (Å²) in [5, 5.41) is 8.66. The summed E-state index contributed by atoms with van der Waals surface area (Å²) in [6.07, 6.45) is 6.12. The van der Waals surface area contributed by atoms with Gasteiger partial charge in [-0.1, -0.05) is 30.5 Å². The lowest BCUT2D eigenvalue weighted by molar-refractivity contribution is -0.0206. The van der Waals surface area contributed by atoms with Crippen LogP contribution in [0.5, 0.6) is 0 Å². The number of hydrogen-bond acceptors (Lipinski definition) is 4. The van der Waals surface area contributed by atoms with Crippen LogP contribution in [0, 0.1) is 6.92 Å². The Labute approximate surface area is 117 Å². The van der Waals surface area contributed by atoms with Crippen molar-refractivity contribution in [1.29, 1.82) is 0 Å². The Hall–Kier alpha value is -1.75. The number of aryl methyl sites for hydroxylation is 1. The Balaban J connectivity index is 1.79. The summed E-state index contributed by atoms with van der Waals surface area (Å²) in [7, 11) is 0. The quantitative estimate of drug-likeness (QED) is 0.861. The molecule has 0 bridgehead atoms. The van der Waals surface area contributed by atoms with Crippen molar-refractivity contribution in [2.75, 3.05) is 0 Å². The van der Waals surface area contributed by atoms with E-state index in [0.717, 1.165) is 18.4 Å². The lowest BCUT2D eigenvalue weighted by Gasteiger charge is -2.21. The maximum Gasteiger partial charge on any atom is 0.279 e. The van der Waals surface area contributed by atoms with E-state index in [9.17, 15) is 4.79 Å². The molecule has 5 heteroatoms. The number of benzene rings is 1. The molecule has 1 saturated carbocycles. The fraction of sp³-hybridized carbons (Fsp3) is 0.533. The topological polar surface area (TPSA) is 57.0 Å². The van der Waals surface area contributed by atoms with Crippen LogP contribution in [0.1, 0.15) is 37.7 Å². The summed E-state index contributed by atoms with van der Waals surface area (Å²) in [5.41, 5.74) is 1.58. The van der Waals surface area contributed by atoms with Crippen molar-refractivity contribution in [1.82, 2.24) is 15.0 Å². The number of nitrogens with zero attached hydrogens (tertiary/aromatic N) is 3. The number of fused-ring (bicyclic) bond motifs is 1. The third-order valence-electron chi connectivity index (χ3n) is 3.86. The van der Waals surface area contributed by atoms with Gasteiger partial charge in [-0.05, 0) is 37.5 Å². The zero-order valence-electron chi connectivity index (χ0n) is 11.7. The van der Waals surface area contributed by atoms with E-state index in [1.807, 2.05) is 19.1 Å². The van der Waals surface area contributed by atoms with Crippen LogP contribution in [0.4, 0.5) is 0 Å². The van der Waals surface area contributed by atoms with Gasteiger partial charge < -0.3 is 4.74 Å². The van der Waals surface area contributed by atoms with Crippen molar-refractivity contribution in [3.63, 3.8) is 0 Å². The Kier molecular flexibility index (Phi) is 3.78. The minimum Gasteiger partial charge on any atom is -0.356 e. The van der Waals surface area contributed by atoms with Crippen molar-refractivity contribution < 1.29 is 4.74 Å². The van der Waals surface area contributed by atoms with Crippen molar-refractivity contribution in [3.05, 3.63) is 34.1 Å². The molecule has 0 aliphatic heterocycles. The summed E-state index contributed by atoms with van der Waals surface area (Å²) < 4.78 is 7.09. The first-order valence-corrected chi connectivity index (χ1v) is 7.20. The van der Waals surface area contributed by atoms with Crippen molar-refractivity contribution in [3.8, 4) is 0 Å². The lowest BCUT2D eigenvalue weighted by Crippen LogP contribution is -2.28. The van der Waals surface area contributed by atoms with Gasteiger partial charge in [-0.3, -0.25) is 4.79 Å². The van der Waals surface area contributed by atoms with Crippen LogP contribution in [0.3, 0.4) is 0 Å². The van der Waals surface area contributed by atoms with Gasteiger partial charge in [0.25, 0.3) is 5.56 Å². The zero-order chi connectivity index (χ0) is 13.9. The summed E-state index contributed by atoms with van der Waals surface area (Å²) in [6, 6.07) is 5.59. The number of rotatable bonds is 3. The van der Waals surface area contributed by atoms with E-state index in [1.165, 1.54) is 23.9 Å². The molecule has 2 aromatic rings. The lowest BCUT2D eigenvalue weighted by atomic mass is 9.98. The molecule has 1 aromatic heterocycles. The van der Waals surface area contributed by atoms with Gasteiger partial charge in [0.05, 0.1) is 11.5 Å². The first-order valence-electron chi connectivity index (χ1n) is 7.20. The molecule has 20 heavy (non-hydrogen) atoms. The van der Waals surface area contributed by atoms with Crippen LogP contribution in [-0.2, 0) is 11.5 Å². The fourth-order valence-corrected chi connectivity index (χ4v) is 2.68. The van der Waals surface area contributed by atoms with Crippen LogP contribution in [0.15, 0.2) is 23.0 Å². The predicted molar refractivity (Wildman–Crippen MR) is 76.5 cm³/mol. The molecule has 0 atom stereocenters. The maximum atomic E-state index is 12.3. The van der Waals surface area contributed by atoms with Gasteiger partial charge in [0, 0.05) is 0 Å². The monoisotopic (exact) mass is 273 g/mol. The standard InChI is InChI=1S/C15H19N3O2/c1-11-7-8-13-14(9-11)16-17-18(15(13)19)10-20-12-5-3-2-4-6-12/h7-9,12H,2-6,10H2,1H3. The molecule has 106 valence electrons. The van der Waals surface area contributed by atoms with E-state index in [0.29, 0.717) is 10.9 Å². The number of hydrogen-bond donors (Lipinski definition) is 0. The van der Waals surface area contributed by atoms with Gasteiger partial charge in [-0.15, -0.1) is 5.10 Å². The highest BCUT2D eigenvalue weighted by molar-refractivity contribution is 5.77. The first-order chi connectivity index (χ1) is 9.74. The van der Waals surface area contributed by atoms with Crippen LogP contribution >= 0.6 is 0 Å². The van der Waals surface area contributed by atoms with E-state index in [1.54, 1.807) is 6.07 Å². The second-order valence-corrected chi connectivity index (χ2v) is 5.47. The molecule has 0 unspecified atom stereocenters. The molecule has 0 N–H and O–H groups in total. The molecular formula is C15H19N3O2. The largest absolute Gasteiger partial charge is 0.356 e. The van der Waals surface area contributed by atoms with Gasteiger partial charge in [0.1, 0.15) is 12.2 Å².